The summed E-state index contributed by atoms with van der Waals surface area (Å²) < 4.78 is 0. The molecule has 0 aliphatic carbocycles. The fourth-order valence-electron chi connectivity index (χ4n) is 2.52. The lowest BCUT2D eigenvalue weighted by molar-refractivity contribution is 0.573. The summed E-state index contributed by atoms with van der Waals surface area (Å²) in [6.45, 7) is 5.16. The molecule has 0 aliphatic heterocycles. The maximum Gasteiger partial charge on any atom is 0.0794 e. The predicted octanol–water partition coefficient (Wildman–Crippen LogP) is 4.30. The molecule has 2 N–H and O–H groups in total. The van der Waals surface area contributed by atoms with E-state index in [1.807, 2.05) is 6.20 Å². The maximum absolute atomic E-state index is 4.19. The zero-order chi connectivity index (χ0) is 14.7. The number of rotatable bonds is 5. The zero-order valence-electron chi connectivity index (χ0n) is 12.3. The van der Waals surface area contributed by atoms with Crippen molar-refractivity contribution in [3.63, 3.8) is 0 Å². The van der Waals surface area contributed by atoms with Crippen molar-refractivity contribution < 1.29 is 0 Å². The van der Waals surface area contributed by atoms with Gasteiger partial charge in [-0.05, 0) is 36.4 Å². The molecule has 21 heavy (non-hydrogen) atoms. The first kappa shape index (κ1) is 14.0. The molecular weight excluding hydrogens is 278 g/mol. The minimum absolute atomic E-state index is 0.317. The molecule has 3 nitrogen and oxygen atoms in total. The summed E-state index contributed by atoms with van der Waals surface area (Å²) in [7, 11) is 0. The second-order valence-corrected chi connectivity index (χ2v) is 6.15. The van der Waals surface area contributed by atoms with Gasteiger partial charge >= 0.3 is 0 Å². The third-order valence-corrected chi connectivity index (χ3v) is 4.63. The van der Waals surface area contributed by atoms with Gasteiger partial charge < -0.3 is 5.32 Å². The number of thiophene rings is 1. The number of benzene rings is 1. The van der Waals surface area contributed by atoms with Crippen molar-refractivity contribution >= 4 is 11.3 Å². The first-order valence-corrected chi connectivity index (χ1v) is 7.98. The first-order valence-electron chi connectivity index (χ1n) is 7.10. The van der Waals surface area contributed by atoms with Crippen molar-refractivity contribution in [2.24, 2.45) is 0 Å². The summed E-state index contributed by atoms with van der Waals surface area (Å²) in [6, 6.07) is 13.0. The van der Waals surface area contributed by atoms with Crippen LogP contribution in [0.3, 0.4) is 0 Å². The monoisotopic (exact) mass is 297 g/mol. The molecule has 0 bridgehead atoms. The molecule has 0 radical (unpaired) electrons. The highest BCUT2D eigenvalue weighted by Gasteiger charge is 2.11. The van der Waals surface area contributed by atoms with Crippen LogP contribution in [0.4, 0.5) is 0 Å². The quantitative estimate of drug-likeness (QED) is 0.737. The number of aromatic nitrogens is 2. The average molecular weight is 297 g/mol. The van der Waals surface area contributed by atoms with E-state index in [0.29, 0.717) is 6.04 Å². The fourth-order valence-corrected chi connectivity index (χ4v) is 3.28. The molecule has 2 aromatic heterocycles. The predicted molar refractivity (Wildman–Crippen MR) is 88.3 cm³/mol. The minimum atomic E-state index is 0.317. The van der Waals surface area contributed by atoms with E-state index in [2.05, 4.69) is 71.1 Å². The van der Waals surface area contributed by atoms with Crippen LogP contribution >= 0.6 is 11.3 Å². The maximum atomic E-state index is 4.19. The Morgan fingerprint density at radius 3 is 2.86 bits per heavy atom. The number of aryl methyl sites for hydroxylation is 1. The summed E-state index contributed by atoms with van der Waals surface area (Å²) in [6.07, 6.45) is 1.91. The second-order valence-electron chi connectivity index (χ2n) is 5.21. The van der Waals surface area contributed by atoms with E-state index in [4.69, 9.17) is 0 Å². The molecule has 4 heteroatoms. The fraction of sp³-hybridized carbons (Fsp3) is 0.235. The summed E-state index contributed by atoms with van der Waals surface area (Å²) in [5.41, 5.74) is 4.99. The molecule has 0 saturated carbocycles. The Kier molecular flexibility index (Phi) is 4.18. The SMILES string of the molecule is Cc1ccccc1[C@@H](C)NCc1cn[nH]c1-c1cccs1. The van der Waals surface area contributed by atoms with E-state index < -0.39 is 0 Å². The van der Waals surface area contributed by atoms with Crippen molar-refractivity contribution in [1.82, 2.24) is 15.5 Å². The second kappa shape index (κ2) is 6.24. The topological polar surface area (TPSA) is 40.7 Å². The van der Waals surface area contributed by atoms with Gasteiger partial charge in [-0.1, -0.05) is 30.3 Å². The third kappa shape index (κ3) is 3.06. The van der Waals surface area contributed by atoms with Crippen LogP contribution in [-0.4, -0.2) is 10.2 Å². The lowest BCUT2D eigenvalue weighted by Crippen LogP contribution is -2.18. The first-order chi connectivity index (χ1) is 10.3. The van der Waals surface area contributed by atoms with Crippen LogP contribution in [0.15, 0.2) is 48.0 Å². The standard InChI is InChI=1S/C17H19N3S/c1-12-6-3-4-7-15(12)13(2)18-10-14-11-19-20-17(14)16-8-5-9-21-16/h3-9,11,13,18H,10H2,1-2H3,(H,19,20)/t13-/m1/s1. The van der Waals surface area contributed by atoms with E-state index in [9.17, 15) is 0 Å². The molecule has 3 aromatic rings. The molecule has 0 amide bonds. The number of H-pyrrole nitrogens is 1. The molecule has 0 saturated heterocycles. The Balaban J connectivity index is 1.72. The number of hydrogen-bond donors (Lipinski definition) is 2. The van der Waals surface area contributed by atoms with Gasteiger partial charge in [0, 0.05) is 18.2 Å². The molecule has 1 aromatic carbocycles. The van der Waals surface area contributed by atoms with Crippen LogP contribution in [0.1, 0.15) is 29.7 Å². The number of hydrogen-bond acceptors (Lipinski definition) is 3. The highest BCUT2D eigenvalue weighted by Crippen LogP contribution is 2.26. The number of nitrogens with zero attached hydrogens (tertiary/aromatic N) is 1. The van der Waals surface area contributed by atoms with Gasteiger partial charge in [-0.2, -0.15) is 5.10 Å². The molecule has 108 valence electrons. The Hall–Kier alpha value is -1.91. The molecule has 1 atom stereocenters. The molecule has 0 aliphatic rings. The van der Waals surface area contributed by atoms with E-state index in [1.54, 1.807) is 11.3 Å². The Bertz CT molecular complexity index is 700. The summed E-state index contributed by atoms with van der Waals surface area (Å²) in [5.74, 6) is 0. The van der Waals surface area contributed by atoms with Crippen molar-refractivity contribution in [3.05, 3.63) is 64.7 Å². The normalized spacial score (nSPS) is 12.5. The van der Waals surface area contributed by atoms with E-state index in [1.165, 1.54) is 21.6 Å². The number of aromatic amines is 1. The largest absolute Gasteiger partial charge is 0.306 e. The van der Waals surface area contributed by atoms with Crippen molar-refractivity contribution in [2.75, 3.05) is 0 Å². The minimum Gasteiger partial charge on any atom is -0.306 e. The van der Waals surface area contributed by atoms with Crippen LogP contribution < -0.4 is 5.32 Å². The van der Waals surface area contributed by atoms with Crippen molar-refractivity contribution in [2.45, 2.75) is 26.4 Å². The van der Waals surface area contributed by atoms with E-state index in [0.717, 1.165) is 12.2 Å². The summed E-state index contributed by atoms with van der Waals surface area (Å²) >= 11 is 1.73. The zero-order valence-corrected chi connectivity index (χ0v) is 13.1. The summed E-state index contributed by atoms with van der Waals surface area (Å²) in [4.78, 5) is 1.23. The van der Waals surface area contributed by atoms with Crippen LogP contribution in [-0.2, 0) is 6.54 Å². The van der Waals surface area contributed by atoms with Gasteiger partial charge in [-0.25, -0.2) is 0 Å². The van der Waals surface area contributed by atoms with Crippen LogP contribution in [0.5, 0.6) is 0 Å². The Labute approximate surface area is 129 Å². The Morgan fingerprint density at radius 1 is 1.24 bits per heavy atom. The molecule has 3 rings (SSSR count). The van der Waals surface area contributed by atoms with Gasteiger partial charge in [0.25, 0.3) is 0 Å². The van der Waals surface area contributed by atoms with Crippen molar-refractivity contribution in [1.29, 1.82) is 0 Å². The molecule has 0 spiro atoms. The van der Waals surface area contributed by atoms with Gasteiger partial charge in [0.2, 0.25) is 0 Å². The summed E-state index contributed by atoms with van der Waals surface area (Å²) in [5, 5.41) is 13.0. The molecule has 2 heterocycles. The van der Waals surface area contributed by atoms with Gasteiger partial charge in [0.05, 0.1) is 16.8 Å². The number of nitrogens with one attached hydrogen (secondary N) is 2. The van der Waals surface area contributed by atoms with E-state index in [-0.39, 0.29) is 0 Å². The third-order valence-electron chi connectivity index (χ3n) is 3.74. The van der Waals surface area contributed by atoms with Gasteiger partial charge in [-0.3, -0.25) is 5.10 Å². The van der Waals surface area contributed by atoms with Gasteiger partial charge in [-0.15, -0.1) is 11.3 Å². The smallest absolute Gasteiger partial charge is 0.0794 e. The average Bonchev–Trinajstić information content (AvgIpc) is 3.16. The van der Waals surface area contributed by atoms with Crippen LogP contribution in [0.2, 0.25) is 0 Å². The van der Waals surface area contributed by atoms with Gasteiger partial charge in [0.1, 0.15) is 0 Å². The lowest BCUT2D eigenvalue weighted by atomic mass is 10.0. The highest BCUT2D eigenvalue weighted by atomic mass is 32.1. The van der Waals surface area contributed by atoms with Crippen LogP contribution in [0, 0.1) is 6.92 Å². The molecule has 0 fully saturated rings. The van der Waals surface area contributed by atoms with Crippen LogP contribution in [0.25, 0.3) is 10.6 Å². The van der Waals surface area contributed by atoms with E-state index >= 15 is 0 Å². The molecule has 0 unspecified atom stereocenters. The highest BCUT2D eigenvalue weighted by molar-refractivity contribution is 7.13. The van der Waals surface area contributed by atoms with Crippen molar-refractivity contribution in [3.8, 4) is 10.6 Å². The lowest BCUT2D eigenvalue weighted by Gasteiger charge is -2.16. The van der Waals surface area contributed by atoms with Gasteiger partial charge in [0.15, 0.2) is 0 Å². The molecular formula is C17H19N3S. The Morgan fingerprint density at radius 2 is 2.10 bits per heavy atom.